The maximum Gasteiger partial charge on any atom is 0.256 e. The minimum absolute atomic E-state index is 0.109. The smallest absolute Gasteiger partial charge is 0.256 e. The number of halogens is 1. The average molecular weight is 366 g/mol. The molecule has 8 heteroatoms. The first-order chi connectivity index (χ1) is 13.1. The van der Waals surface area contributed by atoms with Gasteiger partial charge in [0.2, 0.25) is 0 Å². The molecule has 1 fully saturated rings. The second kappa shape index (κ2) is 7.14. The molecule has 1 aliphatic rings. The summed E-state index contributed by atoms with van der Waals surface area (Å²) in [6.45, 7) is 2.38. The lowest BCUT2D eigenvalue weighted by atomic mass is 10.2. The second-order valence-electron chi connectivity index (χ2n) is 6.42. The molecule has 4 rings (SSSR count). The lowest BCUT2D eigenvalue weighted by Gasteiger charge is -2.23. The third-order valence-electron chi connectivity index (χ3n) is 4.68. The fraction of sp³-hybridized carbons (Fsp3) is 0.263. The molecule has 1 aliphatic heterocycles. The fourth-order valence-electron chi connectivity index (χ4n) is 3.33. The van der Waals surface area contributed by atoms with Crippen molar-refractivity contribution in [3.8, 4) is 0 Å². The predicted molar refractivity (Wildman–Crippen MR) is 101 cm³/mol. The Hall–Kier alpha value is -3.29. The molecule has 0 bridgehead atoms. The molecule has 138 valence electrons. The molecule has 0 aliphatic carbocycles. The summed E-state index contributed by atoms with van der Waals surface area (Å²) in [5.74, 6) is 0.406. The molecule has 7 nitrogen and oxygen atoms in total. The van der Waals surface area contributed by atoms with Crippen LogP contribution in [-0.2, 0) is 0 Å². The van der Waals surface area contributed by atoms with Gasteiger partial charge >= 0.3 is 0 Å². The van der Waals surface area contributed by atoms with Crippen LogP contribution in [0.25, 0.3) is 11.0 Å². The molecule has 2 N–H and O–H groups in total. The average Bonchev–Trinajstić information content (AvgIpc) is 2.93. The minimum atomic E-state index is -0.492. The number of carbonyl (C=O) groups is 1. The summed E-state index contributed by atoms with van der Waals surface area (Å²) >= 11 is 0. The van der Waals surface area contributed by atoms with Crippen molar-refractivity contribution < 1.29 is 9.18 Å². The van der Waals surface area contributed by atoms with Crippen LogP contribution in [0.3, 0.4) is 0 Å². The zero-order chi connectivity index (χ0) is 18.8. The lowest BCUT2D eigenvalue weighted by molar-refractivity contribution is 0.0762. The van der Waals surface area contributed by atoms with Gasteiger partial charge in [0.05, 0.1) is 10.9 Å². The van der Waals surface area contributed by atoms with E-state index in [4.69, 9.17) is 5.73 Å². The number of pyridine rings is 1. The Morgan fingerprint density at radius 3 is 2.74 bits per heavy atom. The minimum Gasteiger partial charge on any atom is -0.384 e. The number of fused-ring (bicyclic) bond motifs is 1. The number of nitrogen functional groups attached to an aromatic ring is 1. The van der Waals surface area contributed by atoms with Crippen molar-refractivity contribution in [2.45, 2.75) is 6.42 Å². The Balaban J connectivity index is 1.56. The van der Waals surface area contributed by atoms with Crippen LogP contribution in [0.1, 0.15) is 16.8 Å². The summed E-state index contributed by atoms with van der Waals surface area (Å²) in [5.41, 5.74) is 6.39. The zero-order valence-electron chi connectivity index (χ0n) is 14.7. The van der Waals surface area contributed by atoms with E-state index in [1.807, 2.05) is 6.07 Å². The van der Waals surface area contributed by atoms with Crippen LogP contribution in [0.4, 0.5) is 16.0 Å². The lowest BCUT2D eigenvalue weighted by Crippen LogP contribution is -2.35. The molecule has 1 aromatic carbocycles. The predicted octanol–water partition coefficient (Wildman–Crippen LogP) is 2.10. The Morgan fingerprint density at radius 2 is 1.89 bits per heavy atom. The van der Waals surface area contributed by atoms with Gasteiger partial charge in [0.1, 0.15) is 23.8 Å². The monoisotopic (exact) mass is 366 g/mol. The summed E-state index contributed by atoms with van der Waals surface area (Å²) in [6, 6.07) is 9.67. The molecule has 0 spiro atoms. The van der Waals surface area contributed by atoms with Crippen molar-refractivity contribution in [1.29, 1.82) is 0 Å². The Morgan fingerprint density at radius 1 is 1.04 bits per heavy atom. The van der Waals surface area contributed by atoms with Gasteiger partial charge in [-0.2, -0.15) is 0 Å². The van der Waals surface area contributed by atoms with E-state index in [-0.39, 0.29) is 11.5 Å². The molecule has 0 saturated carbocycles. The van der Waals surface area contributed by atoms with Crippen molar-refractivity contribution in [3.63, 3.8) is 0 Å². The molecule has 1 amide bonds. The molecule has 0 radical (unpaired) electrons. The highest BCUT2D eigenvalue weighted by Gasteiger charge is 2.23. The Kier molecular flexibility index (Phi) is 4.53. The van der Waals surface area contributed by atoms with Crippen LogP contribution in [0.15, 0.2) is 42.7 Å². The number of carbonyl (C=O) groups excluding carboxylic acids is 1. The SMILES string of the molecule is Nc1ccc2c(N3CCCN(C(=O)c4ccccc4F)CC3)ncnc2n1. The number of nitrogens with two attached hydrogens (primary N) is 1. The van der Waals surface area contributed by atoms with Gasteiger partial charge < -0.3 is 15.5 Å². The number of rotatable bonds is 2. The topological polar surface area (TPSA) is 88.2 Å². The first-order valence-electron chi connectivity index (χ1n) is 8.79. The van der Waals surface area contributed by atoms with Gasteiger partial charge in [0, 0.05) is 26.2 Å². The third-order valence-corrected chi connectivity index (χ3v) is 4.68. The van der Waals surface area contributed by atoms with E-state index in [0.29, 0.717) is 31.1 Å². The summed E-state index contributed by atoms with van der Waals surface area (Å²) in [5, 5.41) is 0.820. The van der Waals surface area contributed by atoms with Gasteiger partial charge in [-0.15, -0.1) is 0 Å². The van der Waals surface area contributed by atoms with E-state index >= 15 is 0 Å². The first-order valence-corrected chi connectivity index (χ1v) is 8.79. The number of benzene rings is 1. The standard InChI is InChI=1S/C19H19FN6O/c20-15-5-2-1-4-13(15)19(27)26-9-3-8-25(10-11-26)18-14-6-7-16(21)24-17(14)22-12-23-18/h1-2,4-7,12H,3,8-11H2,(H2,21,22,23,24). The molecule has 27 heavy (non-hydrogen) atoms. The molecular weight excluding hydrogens is 347 g/mol. The van der Waals surface area contributed by atoms with E-state index in [1.54, 1.807) is 23.1 Å². The summed E-state index contributed by atoms with van der Waals surface area (Å²) < 4.78 is 14.0. The summed E-state index contributed by atoms with van der Waals surface area (Å²) in [7, 11) is 0. The van der Waals surface area contributed by atoms with Gasteiger partial charge in [-0.3, -0.25) is 4.79 Å². The number of aromatic nitrogens is 3. The number of amides is 1. The quantitative estimate of drug-likeness (QED) is 0.747. The van der Waals surface area contributed by atoms with Crippen LogP contribution in [0.5, 0.6) is 0 Å². The highest BCUT2D eigenvalue weighted by Crippen LogP contribution is 2.24. The first kappa shape index (κ1) is 17.1. The number of hydrogen-bond donors (Lipinski definition) is 1. The highest BCUT2D eigenvalue weighted by molar-refractivity contribution is 5.94. The number of anilines is 2. The Bertz CT molecular complexity index is 995. The Labute approximate surface area is 155 Å². The van der Waals surface area contributed by atoms with Crippen LogP contribution in [-0.4, -0.2) is 51.9 Å². The van der Waals surface area contributed by atoms with Crippen LogP contribution in [0, 0.1) is 5.82 Å². The van der Waals surface area contributed by atoms with Crippen molar-refractivity contribution in [2.75, 3.05) is 36.8 Å². The van der Waals surface area contributed by atoms with E-state index < -0.39 is 5.82 Å². The molecule has 2 aromatic heterocycles. The maximum atomic E-state index is 14.0. The summed E-state index contributed by atoms with van der Waals surface area (Å²) in [6.07, 6.45) is 2.23. The van der Waals surface area contributed by atoms with Crippen molar-refractivity contribution in [1.82, 2.24) is 19.9 Å². The highest BCUT2D eigenvalue weighted by atomic mass is 19.1. The third kappa shape index (κ3) is 3.38. The largest absolute Gasteiger partial charge is 0.384 e. The van der Waals surface area contributed by atoms with Gasteiger partial charge in [-0.25, -0.2) is 19.3 Å². The van der Waals surface area contributed by atoms with Gasteiger partial charge in [0.15, 0.2) is 5.65 Å². The molecule has 0 unspecified atom stereocenters. The van der Waals surface area contributed by atoms with Crippen LogP contribution >= 0.6 is 0 Å². The van der Waals surface area contributed by atoms with Crippen molar-refractivity contribution in [3.05, 3.63) is 54.1 Å². The van der Waals surface area contributed by atoms with Crippen LogP contribution in [0.2, 0.25) is 0 Å². The van der Waals surface area contributed by atoms with E-state index in [0.717, 1.165) is 24.2 Å². The van der Waals surface area contributed by atoms with Crippen molar-refractivity contribution >= 4 is 28.6 Å². The van der Waals surface area contributed by atoms with Gasteiger partial charge in [0.25, 0.3) is 5.91 Å². The van der Waals surface area contributed by atoms with E-state index in [2.05, 4.69) is 19.9 Å². The van der Waals surface area contributed by atoms with Gasteiger partial charge in [-0.05, 0) is 30.7 Å². The summed E-state index contributed by atoms with van der Waals surface area (Å²) in [4.78, 5) is 29.3. The van der Waals surface area contributed by atoms with E-state index in [1.165, 1.54) is 18.5 Å². The number of hydrogen-bond acceptors (Lipinski definition) is 6. The molecule has 0 atom stereocenters. The van der Waals surface area contributed by atoms with Crippen LogP contribution < -0.4 is 10.6 Å². The maximum absolute atomic E-state index is 14.0. The van der Waals surface area contributed by atoms with Crippen molar-refractivity contribution in [2.24, 2.45) is 0 Å². The molecule has 3 heterocycles. The zero-order valence-corrected chi connectivity index (χ0v) is 14.7. The number of nitrogens with zero attached hydrogens (tertiary/aromatic N) is 5. The second-order valence-corrected chi connectivity index (χ2v) is 6.42. The normalized spacial score (nSPS) is 15.0. The molecular formula is C19H19FN6O. The fourth-order valence-corrected chi connectivity index (χ4v) is 3.33. The molecule has 3 aromatic rings. The van der Waals surface area contributed by atoms with E-state index in [9.17, 15) is 9.18 Å². The molecule has 1 saturated heterocycles. The van der Waals surface area contributed by atoms with Gasteiger partial charge in [-0.1, -0.05) is 12.1 Å².